The number of phenolic OH excluding ortho intramolecular Hbond substituents is 1. The Morgan fingerprint density at radius 3 is 2.86 bits per heavy atom. The van der Waals surface area contributed by atoms with Crippen LogP contribution in [0.2, 0.25) is 0 Å². The Morgan fingerprint density at radius 1 is 1.29 bits per heavy atom. The Balaban J connectivity index is 1.89. The van der Waals surface area contributed by atoms with Crippen LogP contribution in [0.5, 0.6) is 5.75 Å². The van der Waals surface area contributed by atoms with Crippen molar-refractivity contribution in [1.29, 1.82) is 0 Å². The molecule has 0 atom stereocenters. The largest absolute Gasteiger partial charge is 0.508 e. The maximum Gasteiger partial charge on any atom is 0.257 e. The van der Waals surface area contributed by atoms with Crippen molar-refractivity contribution < 1.29 is 14.3 Å². The summed E-state index contributed by atoms with van der Waals surface area (Å²) in [7, 11) is 0. The molecule has 1 aliphatic rings. The predicted octanol–water partition coefficient (Wildman–Crippen LogP) is 2.31. The first-order chi connectivity index (χ1) is 10.1. The van der Waals surface area contributed by atoms with Gasteiger partial charge >= 0.3 is 0 Å². The van der Waals surface area contributed by atoms with Gasteiger partial charge in [-0.05, 0) is 35.7 Å². The molecule has 3 N–H and O–H groups in total. The summed E-state index contributed by atoms with van der Waals surface area (Å²) in [5.74, 6) is -1.30. The maximum atomic E-state index is 13.8. The Kier molecular flexibility index (Phi) is 3.25. The average molecular weight is 286 g/mol. The lowest BCUT2D eigenvalue weighted by Crippen LogP contribution is -2.36. The molecule has 1 heterocycles. The summed E-state index contributed by atoms with van der Waals surface area (Å²) in [6.07, 6.45) is 0.700. The fraction of sp³-hybridized carbons (Fsp3) is 0.188. The number of nitrogen functional groups attached to an aromatic ring is 1. The predicted molar refractivity (Wildman–Crippen MR) is 77.4 cm³/mol. The summed E-state index contributed by atoms with van der Waals surface area (Å²) in [5, 5.41) is 9.21. The lowest BCUT2D eigenvalue weighted by molar-refractivity contribution is 0.0730. The Labute approximate surface area is 121 Å². The Bertz CT molecular complexity index is 715. The van der Waals surface area contributed by atoms with E-state index >= 15 is 0 Å². The first-order valence-electron chi connectivity index (χ1n) is 6.70. The standard InChI is InChI=1S/C16H15FN2O2/c17-14-8-11(20)4-5-12(14)16(21)19-7-6-10-2-1-3-15(18)13(10)9-19/h1-5,8,20H,6-7,9,18H2. The molecule has 108 valence electrons. The number of aromatic hydroxyl groups is 1. The van der Waals surface area contributed by atoms with Gasteiger partial charge in [-0.1, -0.05) is 12.1 Å². The zero-order valence-corrected chi connectivity index (χ0v) is 11.3. The van der Waals surface area contributed by atoms with E-state index in [0.29, 0.717) is 25.2 Å². The number of amides is 1. The number of phenols is 1. The van der Waals surface area contributed by atoms with Crippen LogP contribution >= 0.6 is 0 Å². The van der Waals surface area contributed by atoms with Gasteiger partial charge in [0.15, 0.2) is 0 Å². The fourth-order valence-electron chi connectivity index (χ4n) is 2.63. The maximum absolute atomic E-state index is 13.8. The van der Waals surface area contributed by atoms with Crippen molar-refractivity contribution in [1.82, 2.24) is 4.90 Å². The highest BCUT2D eigenvalue weighted by Gasteiger charge is 2.24. The van der Waals surface area contributed by atoms with Gasteiger partial charge in [-0.15, -0.1) is 0 Å². The summed E-state index contributed by atoms with van der Waals surface area (Å²) >= 11 is 0. The van der Waals surface area contributed by atoms with Crippen LogP contribution in [0.3, 0.4) is 0 Å². The van der Waals surface area contributed by atoms with Crippen LogP contribution in [0.15, 0.2) is 36.4 Å². The van der Waals surface area contributed by atoms with Gasteiger partial charge in [0.2, 0.25) is 0 Å². The molecule has 21 heavy (non-hydrogen) atoms. The van der Waals surface area contributed by atoms with Crippen LogP contribution in [-0.2, 0) is 13.0 Å². The molecular weight excluding hydrogens is 271 g/mol. The number of rotatable bonds is 1. The number of carbonyl (C=O) groups excluding carboxylic acids is 1. The highest BCUT2D eigenvalue weighted by atomic mass is 19.1. The van der Waals surface area contributed by atoms with Crippen molar-refractivity contribution >= 4 is 11.6 Å². The number of nitrogens with two attached hydrogens (primary N) is 1. The van der Waals surface area contributed by atoms with E-state index in [9.17, 15) is 14.3 Å². The first kappa shape index (κ1) is 13.4. The molecule has 1 amide bonds. The average Bonchev–Trinajstić information content (AvgIpc) is 2.47. The minimum Gasteiger partial charge on any atom is -0.508 e. The van der Waals surface area contributed by atoms with E-state index < -0.39 is 5.82 Å². The van der Waals surface area contributed by atoms with Gasteiger partial charge in [-0.3, -0.25) is 4.79 Å². The zero-order chi connectivity index (χ0) is 15.0. The van der Waals surface area contributed by atoms with Crippen LogP contribution in [0.1, 0.15) is 21.5 Å². The minimum absolute atomic E-state index is 0.0363. The molecule has 1 aliphatic heterocycles. The molecule has 0 aromatic heterocycles. The van der Waals surface area contributed by atoms with E-state index in [-0.39, 0.29) is 17.2 Å². The molecule has 2 aromatic carbocycles. The highest BCUT2D eigenvalue weighted by Crippen LogP contribution is 2.26. The van der Waals surface area contributed by atoms with Gasteiger partial charge in [0.25, 0.3) is 5.91 Å². The zero-order valence-electron chi connectivity index (χ0n) is 11.3. The monoisotopic (exact) mass is 286 g/mol. The Morgan fingerprint density at radius 2 is 2.10 bits per heavy atom. The second kappa shape index (κ2) is 5.09. The topological polar surface area (TPSA) is 66.6 Å². The van der Waals surface area contributed by atoms with Crippen molar-refractivity contribution in [3.63, 3.8) is 0 Å². The molecule has 0 spiro atoms. The smallest absolute Gasteiger partial charge is 0.257 e. The van der Waals surface area contributed by atoms with Crippen LogP contribution < -0.4 is 5.73 Å². The van der Waals surface area contributed by atoms with Crippen molar-refractivity contribution in [2.75, 3.05) is 12.3 Å². The molecular formula is C16H15FN2O2. The van der Waals surface area contributed by atoms with Crippen LogP contribution in [0, 0.1) is 5.82 Å². The molecule has 2 aromatic rings. The van der Waals surface area contributed by atoms with Crippen molar-refractivity contribution in [3.05, 3.63) is 58.9 Å². The van der Waals surface area contributed by atoms with Crippen LogP contribution in [0.4, 0.5) is 10.1 Å². The summed E-state index contributed by atoms with van der Waals surface area (Å²) in [5.41, 5.74) is 8.62. The van der Waals surface area contributed by atoms with E-state index in [2.05, 4.69) is 0 Å². The number of halogens is 1. The summed E-state index contributed by atoms with van der Waals surface area (Å²) in [6, 6.07) is 9.24. The molecule has 0 saturated carbocycles. The SMILES string of the molecule is Nc1cccc2c1CN(C(=O)c1ccc(O)cc1F)CC2. The van der Waals surface area contributed by atoms with E-state index in [1.54, 1.807) is 11.0 Å². The van der Waals surface area contributed by atoms with E-state index in [1.165, 1.54) is 12.1 Å². The highest BCUT2D eigenvalue weighted by molar-refractivity contribution is 5.94. The third-order valence-electron chi connectivity index (χ3n) is 3.78. The van der Waals surface area contributed by atoms with Gasteiger partial charge in [0, 0.05) is 24.8 Å². The van der Waals surface area contributed by atoms with Crippen molar-refractivity contribution in [3.8, 4) is 5.75 Å². The van der Waals surface area contributed by atoms with E-state index in [1.807, 2.05) is 12.1 Å². The van der Waals surface area contributed by atoms with Crippen LogP contribution in [-0.4, -0.2) is 22.5 Å². The second-order valence-electron chi connectivity index (χ2n) is 5.13. The summed E-state index contributed by atoms with van der Waals surface area (Å²) in [6.45, 7) is 0.900. The molecule has 0 aliphatic carbocycles. The van der Waals surface area contributed by atoms with Crippen molar-refractivity contribution in [2.24, 2.45) is 0 Å². The molecule has 0 unspecified atom stereocenters. The first-order valence-corrected chi connectivity index (χ1v) is 6.70. The molecule has 0 radical (unpaired) electrons. The Hall–Kier alpha value is -2.56. The number of hydrogen-bond acceptors (Lipinski definition) is 3. The quantitative estimate of drug-likeness (QED) is 0.791. The number of benzene rings is 2. The third kappa shape index (κ3) is 2.42. The third-order valence-corrected chi connectivity index (χ3v) is 3.78. The minimum atomic E-state index is -0.716. The fourth-order valence-corrected chi connectivity index (χ4v) is 2.63. The van der Waals surface area contributed by atoms with Gasteiger partial charge in [0.1, 0.15) is 11.6 Å². The number of fused-ring (bicyclic) bond motifs is 1. The second-order valence-corrected chi connectivity index (χ2v) is 5.13. The molecule has 4 nitrogen and oxygen atoms in total. The van der Waals surface area contributed by atoms with Crippen LogP contribution in [0.25, 0.3) is 0 Å². The molecule has 0 fully saturated rings. The summed E-state index contributed by atoms with van der Waals surface area (Å²) < 4.78 is 13.8. The number of anilines is 1. The molecule has 5 heteroatoms. The molecule has 3 rings (SSSR count). The van der Waals surface area contributed by atoms with E-state index in [4.69, 9.17) is 5.73 Å². The lowest BCUT2D eigenvalue weighted by Gasteiger charge is -2.30. The normalized spacial score (nSPS) is 13.9. The van der Waals surface area contributed by atoms with Gasteiger partial charge in [0.05, 0.1) is 5.56 Å². The summed E-state index contributed by atoms with van der Waals surface area (Å²) in [4.78, 5) is 14.0. The molecule has 0 bridgehead atoms. The lowest BCUT2D eigenvalue weighted by atomic mass is 9.97. The molecule has 0 saturated heterocycles. The van der Waals surface area contributed by atoms with Gasteiger partial charge in [-0.25, -0.2) is 4.39 Å². The van der Waals surface area contributed by atoms with Crippen molar-refractivity contribution in [2.45, 2.75) is 13.0 Å². The number of nitrogens with zero attached hydrogens (tertiary/aromatic N) is 1. The number of carbonyl (C=O) groups is 1. The van der Waals surface area contributed by atoms with E-state index in [0.717, 1.165) is 17.2 Å². The number of hydrogen-bond donors (Lipinski definition) is 2. The van der Waals surface area contributed by atoms with Gasteiger partial charge < -0.3 is 15.7 Å². The van der Waals surface area contributed by atoms with Gasteiger partial charge in [-0.2, -0.15) is 0 Å².